The lowest BCUT2D eigenvalue weighted by atomic mass is 10.3. The van der Waals surface area contributed by atoms with E-state index in [0.717, 1.165) is 0 Å². The van der Waals surface area contributed by atoms with Crippen molar-refractivity contribution >= 4 is 23.4 Å². The van der Waals surface area contributed by atoms with Crippen LogP contribution in [0.5, 0.6) is 0 Å². The van der Waals surface area contributed by atoms with E-state index in [9.17, 15) is 4.79 Å². The minimum absolute atomic E-state index is 0.323. The highest BCUT2D eigenvalue weighted by Crippen LogP contribution is 2.15. The molecule has 2 rings (SSSR count). The topological polar surface area (TPSA) is 69.4 Å². The molecular formula is C9H10N4O2S. The first-order valence-corrected chi connectivity index (χ1v) is 5.90. The molecule has 0 spiro atoms. The zero-order valence-corrected chi connectivity index (χ0v) is 9.69. The maximum absolute atomic E-state index is 11.6. The van der Waals surface area contributed by atoms with Gasteiger partial charge in [0, 0.05) is 6.20 Å². The molecule has 84 valence electrons. The van der Waals surface area contributed by atoms with Crippen LogP contribution in [0.2, 0.25) is 0 Å². The van der Waals surface area contributed by atoms with Crippen molar-refractivity contribution in [2.24, 2.45) is 0 Å². The average Bonchev–Trinajstić information content (AvgIpc) is 2.76. The van der Waals surface area contributed by atoms with Gasteiger partial charge in [-0.1, -0.05) is 11.8 Å². The van der Waals surface area contributed by atoms with Crippen LogP contribution in [0.1, 0.15) is 17.3 Å². The molecule has 0 atom stereocenters. The summed E-state index contributed by atoms with van der Waals surface area (Å²) in [6.45, 7) is 2.08. The third kappa shape index (κ3) is 1.73. The van der Waals surface area contributed by atoms with E-state index < -0.39 is 5.97 Å². The lowest BCUT2D eigenvalue weighted by molar-refractivity contribution is 0.0527. The van der Waals surface area contributed by atoms with Crippen molar-refractivity contribution in [3.63, 3.8) is 0 Å². The van der Waals surface area contributed by atoms with Gasteiger partial charge < -0.3 is 4.74 Å². The summed E-state index contributed by atoms with van der Waals surface area (Å²) in [6, 6.07) is 0. The summed E-state index contributed by atoms with van der Waals surface area (Å²) < 4.78 is 6.44. The Bertz CT molecular complexity index is 525. The first kappa shape index (κ1) is 10.9. The molecular weight excluding hydrogens is 228 g/mol. The van der Waals surface area contributed by atoms with E-state index in [-0.39, 0.29) is 0 Å². The van der Waals surface area contributed by atoms with Crippen LogP contribution in [0.3, 0.4) is 0 Å². The number of thioether (sulfide) groups is 1. The smallest absolute Gasteiger partial charge is 0.343 e. The summed E-state index contributed by atoms with van der Waals surface area (Å²) in [5.74, 6) is -0.430. The fourth-order valence-electron chi connectivity index (χ4n) is 1.29. The Morgan fingerprint density at radius 1 is 1.56 bits per heavy atom. The molecule has 2 aromatic rings. The van der Waals surface area contributed by atoms with Gasteiger partial charge in [-0.3, -0.25) is 0 Å². The number of ether oxygens (including phenoxy) is 1. The highest BCUT2D eigenvalue weighted by atomic mass is 32.2. The maximum atomic E-state index is 11.6. The molecule has 7 heteroatoms. The summed E-state index contributed by atoms with van der Waals surface area (Å²) in [5, 5.41) is 4.69. The van der Waals surface area contributed by atoms with Crippen molar-refractivity contribution in [1.82, 2.24) is 19.6 Å². The van der Waals surface area contributed by atoms with Crippen LogP contribution in [0, 0.1) is 0 Å². The van der Waals surface area contributed by atoms with Gasteiger partial charge in [-0.05, 0) is 13.2 Å². The number of hydrogen-bond acceptors (Lipinski definition) is 6. The molecule has 0 unspecified atom stereocenters. The normalized spacial score (nSPS) is 10.6. The fourth-order valence-corrected chi connectivity index (χ4v) is 1.75. The van der Waals surface area contributed by atoms with Crippen molar-refractivity contribution < 1.29 is 9.53 Å². The number of carbonyl (C=O) groups excluding carboxylic acids is 1. The van der Waals surface area contributed by atoms with Crippen LogP contribution in [0.4, 0.5) is 0 Å². The Morgan fingerprint density at radius 2 is 2.38 bits per heavy atom. The Kier molecular flexibility index (Phi) is 3.04. The van der Waals surface area contributed by atoms with Gasteiger partial charge in [0.1, 0.15) is 11.9 Å². The third-order valence-electron chi connectivity index (χ3n) is 1.95. The molecule has 0 N–H and O–H groups in total. The Balaban J connectivity index is 2.55. The van der Waals surface area contributed by atoms with Gasteiger partial charge >= 0.3 is 5.97 Å². The summed E-state index contributed by atoms with van der Waals surface area (Å²) in [7, 11) is 0. The van der Waals surface area contributed by atoms with Crippen molar-refractivity contribution in [2.45, 2.75) is 12.1 Å². The fraction of sp³-hybridized carbons (Fsp3) is 0.333. The highest BCUT2D eigenvalue weighted by molar-refractivity contribution is 7.98. The quantitative estimate of drug-likeness (QED) is 0.452. The van der Waals surface area contributed by atoms with Gasteiger partial charge in [-0.2, -0.15) is 9.61 Å². The predicted molar refractivity (Wildman–Crippen MR) is 58.5 cm³/mol. The highest BCUT2D eigenvalue weighted by Gasteiger charge is 2.16. The van der Waals surface area contributed by atoms with Crippen LogP contribution >= 0.6 is 11.8 Å². The molecule has 0 radical (unpaired) electrons. The van der Waals surface area contributed by atoms with Crippen molar-refractivity contribution in [1.29, 1.82) is 0 Å². The second kappa shape index (κ2) is 4.48. The molecule has 0 aliphatic carbocycles. The number of rotatable bonds is 3. The molecule has 0 saturated carbocycles. The zero-order valence-electron chi connectivity index (χ0n) is 8.88. The molecule has 2 heterocycles. The van der Waals surface area contributed by atoms with Crippen molar-refractivity contribution in [2.75, 3.05) is 12.9 Å². The molecule has 6 nitrogen and oxygen atoms in total. The third-order valence-corrected chi connectivity index (χ3v) is 2.60. The van der Waals surface area contributed by atoms with Gasteiger partial charge in [-0.15, -0.1) is 0 Å². The van der Waals surface area contributed by atoms with E-state index in [1.54, 1.807) is 6.92 Å². The lowest BCUT2D eigenvalue weighted by Crippen LogP contribution is -2.09. The van der Waals surface area contributed by atoms with Crippen LogP contribution in [0.25, 0.3) is 5.65 Å². The number of fused-ring (bicyclic) bond motifs is 1. The minimum atomic E-state index is -0.430. The van der Waals surface area contributed by atoms with E-state index in [2.05, 4.69) is 15.1 Å². The summed E-state index contributed by atoms with van der Waals surface area (Å²) >= 11 is 1.43. The average molecular weight is 238 g/mol. The lowest BCUT2D eigenvalue weighted by Gasteiger charge is -2.04. The standard InChI is InChI=1S/C9H10N4O2S/c1-3-15-8(14)6-4-10-9(16-2)13-7(6)11-5-12-13/h4-5H,3H2,1-2H3. The van der Waals surface area contributed by atoms with Gasteiger partial charge in [0.15, 0.2) is 10.8 Å². The second-order valence-electron chi connectivity index (χ2n) is 2.87. The molecule has 0 amide bonds. The number of carbonyl (C=O) groups is 1. The van der Waals surface area contributed by atoms with E-state index >= 15 is 0 Å². The van der Waals surface area contributed by atoms with Crippen LogP contribution in [-0.4, -0.2) is 38.4 Å². The summed E-state index contributed by atoms with van der Waals surface area (Å²) in [4.78, 5) is 19.8. The van der Waals surface area contributed by atoms with Crippen molar-refractivity contribution in [3.05, 3.63) is 18.1 Å². The van der Waals surface area contributed by atoms with Crippen LogP contribution in [0.15, 0.2) is 17.7 Å². The molecule has 2 aromatic heterocycles. The first-order valence-electron chi connectivity index (χ1n) is 4.67. The van der Waals surface area contributed by atoms with Crippen molar-refractivity contribution in [3.8, 4) is 0 Å². The van der Waals surface area contributed by atoms with Gasteiger partial charge in [0.2, 0.25) is 0 Å². The number of nitrogens with zero attached hydrogens (tertiary/aromatic N) is 4. The molecule has 0 bridgehead atoms. The van der Waals surface area contributed by atoms with Crippen LogP contribution < -0.4 is 0 Å². The SMILES string of the molecule is CCOC(=O)c1cnc(SC)n2ncnc12. The Labute approximate surface area is 96.0 Å². The Hall–Kier alpha value is -1.63. The summed E-state index contributed by atoms with van der Waals surface area (Å²) in [5.41, 5.74) is 0.801. The molecule has 0 aliphatic rings. The molecule has 16 heavy (non-hydrogen) atoms. The summed E-state index contributed by atoms with van der Waals surface area (Å²) in [6.07, 6.45) is 4.74. The Morgan fingerprint density at radius 3 is 3.06 bits per heavy atom. The van der Waals surface area contributed by atoms with Crippen LogP contribution in [-0.2, 0) is 4.74 Å². The first-order chi connectivity index (χ1) is 7.77. The second-order valence-corrected chi connectivity index (χ2v) is 3.65. The molecule has 0 aromatic carbocycles. The monoisotopic (exact) mass is 238 g/mol. The largest absolute Gasteiger partial charge is 0.462 e. The van der Waals surface area contributed by atoms with E-state index in [0.29, 0.717) is 23.0 Å². The number of esters is 1. The minimum Gasteiger partial charge on any atom is -0.462 e. The van der Waals surface area contributed by atoms with Gasteiger partial charge in [-0.25, -0.2) is 14.8 Å². The van der Waals surface area contributed by atoms with E-state index in [1.165, 1.54) is 28.8 Å². The number of aromatic nitrogens is 4. The van der Waals surface area contributed by atoms with E-state index in [1.807, 2.05) is 6.26 Å². The molecule has 0 aliphatic heterocycles. The molecule has 0 saturated heterocycles. The zero-order chi connectivity index (χ0) is 11.5. The number of hydrogen-bond donors (Lipinski definition) is 0. The molecule has 0 fully saturated rings. The predicted octanol–water partition coefficient (Wildman–Crippen LogP) is 1.02. The van der Waals surface area contributed by atoms with E-state index in [4.69, 9.17) is 4.74 Å². The maximum Gasteiger partial charge on any atom is 0.343 e. The van der Waals surface area contributed by atoms with Gasteiger partial charge in [0.25, 0.3) is 0 Å². The van der Waals surface area contributed by atoms with Gasteiger partial charge in [0.05, 0.1) is 6.61 Å².